The molecule has 0 aromatic carbocycles. The molecule has 0 saturated carbocycles. The van der Waals surface area contributed by atoms with Crippen molar-refractivity contribution < 1.29 is 0 Å². The molecule has 0 saturated heterocycles. The molecule has 0 unspecified atom stereocenters. The van der Waals surface area contributed by atoms with E-state index in [4.69, 9.17) is 0 Å². The third-order valence-electron chi connectivity index (χ3n) is 2.73. The Bertz CT molecular complexity index is 696. The van der Waals surface area contributed by atoms with E-state index in [9.17, 15) is 0 Å². The van der Waals surface area contributed by atoms with Crippen molar-refractivity contribution in [1.29, 1.82) is 0 Å². The van der Waals surface area contributed by atoms with Gasteiger partial charge in [0.2, 0.25) is 0 Å². The van der Waals surface area contributed by atoms with Crippen LogP contribution in [0.5, 0.6) is 0 Å². The second kappa shape index (κ2) is 5.75. The van der Waals surface area contributed by atoms with Crippen LogP contribution >= 0.6 is 11.3 Å². The Morgan fingerprint density at radius 1 is 1.20 bits per heavy atom. The molecular formula is C14H13N5S. The fourth-order valence-electron chi connectivity index (χ4n) is 1.75. The minimum Gasteiger partial charge on any atom is -0.364 e. The number of rotatable bonds is 4. The second-order valence-electron chi connectivity index (χ2n) is 4.28. The van der Waals surface area contributed by atoms with Crippen molar-refractivity contribution >= 4 is 17.2 Å². The van der Waals surface area contributed by atoms with E-state index in [1.54, 1.807) is 30.1 Å². The highest BCUT2D eigenvalue weighted by molar-refractivity contribution is 7.13. The van der Waals surface area contributed by atoms with Crippen molar-refractivity contribution in [2.75, 3.05) is 5.32 Å². The summed E-state index contributed by atoms with van der Waals surface area (Å²) < 4.78 is 0. The van der Waals surface area contributed by atoms with Gasteiger partial charge in [-0.1, -0.05) is 0 Å². The molecule has 3 aromatic heterocycles. The van der Waals surface area contributed by atoms with Crippen LogP contribution in [0.3, 0.4) is 0 Å². The van der Waals surface area contributed by atoms with Crippen molar-refractivity contribution in [2.24, 2.45) is 0 Å². The first-order valence-corrected chi connectivity index (χ1v) is 7.06. The first kappa shape index (κ1) is 12.7. The molecule has 6 heteroatoms. The molecule has 0 aliphatic rings. The van der Waals surface area contributed by atoms with Gasteiger partial charge in [-0.2, -0.15) is 0 Å². The zero-order chi connectivity index (χ0) is 13.8. The number of thiazole rings is 1. The van der Waals surface area contributed by atoms with E-state index in [2.05, 4.69) is 30.6 Å². The van der Waals surface area contributed by atoms with Gasteiger partial charge in [0.15, 0.2) is 0 Å². The van der Waals surface area contributed by atoms with Gasteiger partial charge in [-0.15, -0.1) is 11.3 Å². The molecule has 0 aliphatic carbocycles. The van der Waals surface area contributed by atoms with Crippen molar-refractivity contribution in [3.05, 3.63) is 53.7 Å². The quantitative estimate of drug-likeness (QED) is 0.797. The standard InChI is InChI=1S/C14H13N5S/c1-10-6-13(18-9-17-10)16-7-12-8-20-14(19-12)11-2-4-15-5-3-11/h2-6,8-9H,7H2,1H3,(H,16,17,18). The van der Waals surface area contributed by atoms with Gasteiger partial charge in [0, 0.05) is 35.1 Å². The van der Waals surface area contributed by atoms with Crippen LogP contribution in [0.25, 0.3) is 10.6 Å². The number of anilines is 1. The number of hydrogen-bond donors (Lipinski definition) is 1. The minimum absolute atomic E-state index is 0.651. The molecule has 0 radical (unpaired) electrons. The van der Waals surface area contributed by atoms with Gasteiger partial charge < -0.3 is 5.32 Å². The minimum atomic E-state index is 0.651. The van der Waals surface area contributed by atoms with Crippen molar-refractivity contribution in [3.63, 3.8) is 0 Å². The monoisotopic (exact) mass is 283 g/mol. The van der Waals surface area contributed by atoms with Gasteiger partial charge in [-0.25, -0.2) is 15.0 Å². The van der Waals surface area contributed by atoms with Crippen LogP contribution in [0.4, 0.5) is 5.82 Å². The Labute approximate surface area is 120 Å². The number of nitrogens with one attached hydrogen (secondary N) is 1. The summed E-state index contributed by atoms with van der Waals surface area (Å²) >= 11 is 1.63. The average molecular weight is 283 g/mol. The van der Waals surface area contributed by atoms with Gasteiger partial charge in [0.1, 0.15) is 17.2 Å². The summed E-state index contributed by atoms with van der Waals surface area (Å²) in [7, 11) is 0. The Kier molecular flexibility index (Phi) is 3.64. The maximum absolute atomic E-state index is 4.60. The van der Waals surface area contributed by atoms with E-state index in [1.807, 2.05) is 25.1 Å². The van der Waals surface area contributed by atoms with E-state index in [0.717, 1.165) is 27.8 Å². The summed E-state index contributed by atoms with van der Waals surface area (Å²) in [6, 6.07) is 5.84. The molecular weight excluding hydrogens is 270 g/mol. The topological polar surface area (TPSA) is 63.6 Å². The number of nitrogens with zero attached hydrogens (tertiary/aromatic N) is 4. The lowest BCUT2D eigenvalue weighted by atomic mass is 10.3. The Balaban J connectivity index is 1.69. The predicted molar refractivity (Wildman–Crippen MR) is 79.4 cm³/mol. The zero-order valence-corrected chi connectivity index (χ0v) is 11.8. The smallest absolute Gasteiger partial charge is 0.129 e. The highest BCUT2D eigenvalue weighted by Crippen LogP contribution is 2.23. The fourth-order valence-corrected chi connectivity index (χ4v) is 2.57. The van der Waals surface area contributed by atoms with E-state index in [-0.39, 0.29) is 0 Å². The van der Waals surface area contributed by atoms with Gasteiger partial charge in [0.25, 0.3) is 0 Å². The normalized spacial score (nSPS) is 10.4. The predicted octanol–water partition coefficient (Wildman–Crippen LogP) is 2.92. The molecule has 5 nitrogen and oxygen atoms in total. The maximum Gasteiger partial charge on any atom is 0.129 e. The lowest BCUT2D eigenvalue weighted by Gasteiger charge is -2.03. The lowest BCUT2D eigenvalue weighted by molar-refractivity contribution is 1.03. The van der Waals surface area contributed by atoms with Crippen LogP contribution in [0.15, 0.2) is 42.3 Å². The third kappa shape index (κ3) is 2.97. The molecule has 0 amide bonds. The Morgan fingerprint density at radius 2 is 2.05 bits per heavy atom. The largest absolute Gasteiger partial charge is 0.364 e. The second-order valence-corrected chi connectivity index (χ2v) is 5.14. The number of aryl methyl sites for hydroxylation is 1. The molecule has 0 spiro atoms. The zero-order valence-electron chi connectivity index (χ0n) is 10.9. The molecule has 3 rings (SSSR count). The van der Waals surface area contributed by atoms with E-state index in [0.29, 0.717) is 6.54 Å². The third-order valence-corrected chi connectivity index (χ3v) is 3.67. The van der Waals surface area contributed by atoms with E-state index in [1.165, 1.54) is 0 Å². The highest BCUT2D eigenvalue weighted by atomic mass is 32.1. The van der Waals surface area contributed by atoms with Crippen molar-refractivity contribution in [1.82, 2.24) is 19.9 Å². The SMILES string of the molecule is Cc1cc(NCc2csc(-c3ccncc3)n2)ncn1. The number of pyridine rings is 1. The van der Waals surface area contributed by atoms with Crippen LogP contribution in [-0.4, -0.2) is 19.9 Å². The summed E-state index contributed by atoms with van der Waals surface area (Å²) in [5.74, 6) is 0.816. The van der Waals surface area contributed by atoms with Crippen LogP contribution in [-0.2, 0) is 6.54 Å². The molecule has 0 fully saturated rings. The molecule has 3 aromatic rings. The maximum atomic E-state index is 4.60. The molecule has 100 valence electrons. The molecule has 3 heterocycles. The Hall–Kier alpha value is -2.34. The van der Waals surface area contributed by atoms with Gasteiger partial charge in [-0.3, -0.25) is 4.98 Å². The van der Waals surface area contributed by atoms with Crippen molar-refractivity contribution in [2.45, 2.75) is 13.5 Å². The average Bonchev–Trinajstić information content (AvgIpc) is 2.95. The van der Waals surface area contributed by atoms with Gasteiger partial charge in [-0.05, 0) is 19.1 Å². The van der Waals surface area contributed by atoms with E-state index < -0.39 is 0 Å². The summed E-state index contributed by atoms with van der Waals surface area (Å²) in [4.78, 5) is 16.8. The molecule has 0 atom stereocenters. The molecule has 0 bridgehead atoms. The van der Waals surface area contributed by atoms with Gasteiger partial charge in [0.05, 0.1) is 12.2 Å². The van der Waals surface area contributed by atoms with Crippen LogP contribution in [0, 0.1) is 6.92 Å². The van der Waals surface area contributed by atoms with Gasteiger partial charge >= 0.3 is 0 Å². The summed E-state index contributed by atoms with van der Waals surface area (Å²) in [5, 5.41) is 6.30. The molecule has 1 N–H and O–H groups in total. The first-order chi connectivity index (χ1) is 9.81. The fraction of sp³-hybridized carbons (Fsp3) is 0.143. The summed E-state index contributed by atoms with van der Waals surface area (Å²) in [6.45, 7) is 2.59. The van der Waals surface area contributed by atoms with Crippen molar-refractivity contribution in [3.8, 4) is 10.6 Å². The number of aromatic nitrogens is 4. The van der Waals surface area contributed by atoms with Crippen LogP contribution in [0.1, 0.15) is 11.4 Å². The number of hydrogen-bond acceptors (Lipinski definition) is 6. The van der Waals surface area contributed by atoms with Crippen LogP contribution < -0.4 is 5.32 Å². The molecule has 0 aliphatic heterocycles. The van der Waals surface area contributed by atoms with Crippen LogP contribution in [0.2, 0.25) is 0 Å². The summed E-state index contributed by atoms with van der Waals surface area (Å²) in [5.41, 5.74) is 3.03. The first-order valence-electron chi connectivity index (χ1n) is 6.18. The lowest BCUT2D eigenvalue weighted by Crippen LogP contribution is -2.02. The summed E-state index contributed by atoms with van der Waals surface area (Å²) in [6.07, 6.45) is 5.11. The molecule has 20 heavy (non-hydrogen) atoms. The highest BCUT2D eigenvalue weighted by Gasteiger charge is 2.04. The Morgan fingerprint density at radius 3 is 2.85 bits per heavy atom. The van der Waals surface area contributed by atoms with E-state index >= 15 is 0 Å².